The third kappa shape index (κ3) is 5.63. The average molecular weight is 560 g/mol. The van der Waals surface area contributed by atoms with E-state index < -0.39 is 23.7 Å². The Kier molecular flexibility index (Phi) is 8.58. The van der Waals surface area contributed by atoms with Crippen LogP contribution in [0.4, 0.5) is 5.69 Å². The number of benzene rings is 2. The molecule has 2 N–H and O–H groups in total. The molecule has 0 unspecified atom stereocenters. The molecule has 1 aliphatic heterocycles. The molecule has 4 rings (SSSR count). The topological polar surface area (TPSA) is 114 Å². The Morgan fingerprint density at radius 1 is 1.00 bits per heavy atom. The number of nitrogens with zero attached hydrogens (tertiary/aromatic N) is 1. The summed E-state index contributed by atoms with van der Waals surface area (Å²) in [5.74, 6) is -1.69. The van der Waals surface area contributed by atoms with Crippen LogP contribution < -0.4 is 15.4 Å². The van der Waals surface area contributed by atoms with Crippen LogP contribution in [0.2, 0.25) is 5.02 Å². The van der Waals surface area contributed by atoms with Gasteiger partial charge >= 0.3 is 5.97 Å². The van der Waals surface area contributed by atoms with Crippen LogP contribution in [0, 0.1) is 0 Å². The van der Waals surface area contributed by atoms with E-state index in [0.717, 1.165) is 37.7 Å². The van der Waals surface area contributed by atoms with Gasteiger partial charge in [-0.3, -0.25) is 19.3 Å². The van der Waals surface area contributed by atoms with Gasteiger partial charge in [0.2, 0.25) is 0 Å². The number of nitrogens with one attached hydrogen (secondary N) is 2. The number of hydrogen-bond acceptors (Lipinski definition) is 7. The molecule has 1 heterocycles. The number of halogens is 2. The number of imide groups is 1. The predicted octanol–water partition coefficient (Wildman–Crippen LogP) is 4.63. The number of amides is 3. The highest BCUT2D eigenvalue weighted by atomic mass is 35.5. The third-order valence-corrected chi connectivity index (χ3v) is 7.29. The van der Waals surface area contributed by atoms with Crippen molar-refractivity contribution in [1.82, 2.24) is 10.2 Å². The van der Waals surface area contributed by atoms with Gasteiger partial charge in [-0.05, 0) is 36.6 Å². The van der Waals surface area contributed by atoms with Crippen LogP contribution in [-0.4, -0.2) is 48.9 Å². The number of hydrogen-bond donors (Lipinski definition) is 2. The van der Waals surface area contributed by atoms with Gasteiger partial charge in [0.05, 0.1) is 24.9 Å². The number of carbonyl (C=O) groups excluding carboxylic acids is 4. The molecule has 1 fully saturated rings. The van der Waals surface area contributed by atoms with Crippen LogP contribution in [0.25, 0.3) is 0 Å². The summed E-state index contributed by atoms with van der Waals surface area (Å²) >= 11 is 12.5. The molecule has 2 aromatic carbocycles. The lowest BCUT2D eigenvalue weighted by Crippen LogP contribution is -2.43. The van der Waals surface area contributed by atoms with Crippen molar-refractivity contribution in [3.05, 3.63) is 68.8 Å². The normalized spacial score (nSPS) is 16.1. The number of rotatable bonds is 8. The number of esters is 1. The molecule has 200 valence electrons. The second-order valence-electron chi connectivity index (χ2n) is 8.99. The second kappa shape index (κ2) is 11.9. The Morgan fingerprint density at radius 3 is 2.32 bits per heavy atom. The van der Waals surface area contributed by atoms with Gasteiger partial charge in [-0.2, -0.15) is 0 Å². The average Bonchev–Trinajstić information content (AvgIpc) is 3.15. The standard InChI is InChI=1S/C27H27Cl2N3O6/c1-37-21-13-20(19(28)12-18(21)27(36)38-2)31-24(33)16-10-8-15(9-11-16)14-30-23-22(29)25(34)32(26(23)35)17-6-4-3-5-7-17/h8-13,17,30H,3-7,14H2,1-2H3,(H,31,33). The molecule has 3 amide bonds. The first-order valence-corrected chi connectivity index (χ1v) is 12.9. The van der Waals surface area contributed by atoms with Crippen molar-refractivity contribution in [1.29, 1.82) is 0 Å². The minimum Gasteiger partial charge on any atom is -0.496 e. The molecule has 11 heteroatoms. The van der Waals surface area contributed by atoms with E-state index in [9.17, 15) is 19.2 Å². The zero-order valence-electron chi connectivity index (χ0n) is 20.9. The molecular formula is C27H27Cl2N3O6. The monoisotopic (exact) mass is 559 g/mol. The summed E-state index contributed by atoms with van der Waals surface area (Å²) in [5, 5.41) is 5.74. The van der Waals surface area contributed by atoms with Crippen molar-refractivity contribution < 1.29 is 28.7 Å². The smallest absolute Gasteiger partial charge is 0.341 e. The molecule has 0 saturated heterocycles. The van der Waals surface area contributed by atoms with Crippen molar-refractivity contribution in [2.45, 2.75) is 44.7 Å². The Hall–Kier alpha value is -3.56. The summed E-state index contributed by atoms with van der Waals surface area (Å²) in [6.07, 6.45) is 4.68. The number of ether oxygens (including phenoxy) is 2. The van der Waals surface area contributed by atoms with E-state index in [1.807, 2.05) is 0 Å². The maximum atomic E-state index is 12.9. The van der Waals surface area contributed by atoms with Gasteiger partial charge in [-0.1, -0.05) is 54.6 Å². The maximum absolute atomic E-state index is 12.9. The summed E-state index contributed by atoms with van der Waals surface area (Å²) in [6.45, 7) is 0.239. The Labute approximate surface area is 230 Å². The zero-order chi connectivity index (χ0) is 27.4. The summed E-state index contributed by atoms with van der Waals surface area (Å²) in [4.78, 5) is 51.5. The first-order valence-electron chi connectivity index (χ1n) is 12.1. The summed E-state index contributed by atoms with van der Waals surface area (Å²) in [5.41, 5.74) is 1.63. The lowest BCUT2D eigenvalue weighted by Gasteiger charge is -2.29. The van der Waals surface area contributed by atoms with Gasteiger partial charge < -0.3 is 20.1 Å². The molecule has 0 aromatic heterocycles. The van der Waals surface area contributed by atoms with Crippen molar-refractivity contribution >= 4 is 52.6 Å². The first kappa shape index (κ1) is 27.5. The molecular weight excluding hydrogens is 533 g/mol. The van der Waals surface area contributed by atoms with E-state index in [-0.39, 0.29) is 45.3 Å². The van der Waals surface area contributed by atoms with E-state index in [0.29, 0.717) is 5.56 Å². The highest BCUT2D eigenvalue weighted by Crippen LogP contribution is 2.32. The van der Waals surface area contributed by atoms with Crippen LogP contribution >= 0.6 is 23.2 Å². The van der Waals surface area contributed by atoms with E-state index in [1.165, 1.54) is 31.3 Å². The number of methoxy groups -OCH3 is 2. The molecule has 0 atom stereocenters. The fourth-order valence-corrected chi connectivity index (χ4v) is 5.04. The second-order valence-corrected chi connectivity index (χ2v) is 9.77. The van der Waals surface area contributed by atoms with Gasteiger partial charge in [0.1, 0.15) is 22.0 Å². The first-order chi connectivity index (χ1) is 18.2. The lowest BCUT2D eigenvalue weighted by molar-refractivity contribution is -0.140. The highest BCUT2D eigenvalue weighted by Gasteiger charge is 2.41. The molecule has 2 aromatic rings. The van der Waals surface area contributed by atoms with E-state index in [4.69, 9.17) is 32.7 Å². The minimum atomic E-state index is -0.617. The zero-order valence-corrected chi connectivity index (χ0v) is 22.4. The van der Waals surface area contributed by atoms with Crippen molar-refractivity contribution in [3.63, 3.8) is 0 Å². The number of carbonyl (C=O) groups is 4. The third-order valence-electron chi connectivity index (χ3n) is 6.63. The molecule has 2 aliphatic rings. The molecule has 0 spiro atoms. The van der Waals surface area contributed by atoms with Crippen molar-refractivity contribution in [3.8, 4) is 5.75 Å². The van der Waals surface area contributed by atoms with Crippen LogP contribution in [-0.2, 0) is 20.9 Å². The Morgan fingerprint density at radius 2 is 1.68 bits per heavy atom. The summed E-state index contributed by atoms with van der Waals surface area (Å²) in [7, 11) is 2.63. The largest absolute Gasteiger partial charge is 0.496 e. The number of anilines is 1. The van der Waals surface area contributed by atoms with Crippen LogP contribution in [0.1, 0.15) is 58.4 Å². The van der Waals surface area contributed by atoms with Crippen molar-refractivity contribution in [2.75, 3.05) is 19.5 Å². The molecule has 0 radical (unpaired) electrons. The molecule has 9 nitrogen and oxygen atoms in total. The maximum Gasteiger partial charge on any atom is 0.341 e. The van der Waals surface area contributed by atoms with Gasteiger partial charge in [-0.15, -0.1) is 0 Å². The van der Waals surface area contributed by atoms with E-state index in [1.54, 1.807) is 24.3 Å². The van der Waals surface area contributed by atoms with E-state index >= 15 is 0 Å². The summed E-state index contributed by atoms with van der Waals surface area (Å²) < 4.78 is 9.94. The van der Waals surface area contributed by atoms with Crippen LogP contribution in [0.3, 0.4) is 0 Å². The molecule has 0 bridgehead atoms. The molecule has 38 heavy (non-hydrogen) atoms. The fourth-order valence-electron chi connectivity index (χ4n) is 4.59. The fraction of sp³-hybridized carbons (Fsp3) is 0.333. The Balaban J connectivity index is 1.40. The van der Waals surface area contributed by atoms with Gasteiger partial charge in [0.25, 0.3) is 17.7 Å². The minimum absolute atomic E-state index is 0.0953. The Bertz CT molecular complexity index is 1300. The van der Waals surface area contributed by atoms with Crippen LogP contribution in [0.5, 0.6) is 5.75 Å². The SMILES string of the molecule is COC(=O)c1cc(Cl)c(NC(=O)c2ccc(CNC3=C(Cl)C(=O)N(C4CCCCC4)C3=O)cc2)cc1OC. The van der Waals surface area contributed by atoms with Crippen molar-refractivity contribution in [2.24, 2.45) is 0 Å². The predicted molar refractivity (Wildman–Crippen MR) is 142 cm³/mol. The van der Waals surface area contributed by atoms with Gasteiger partial charge in [-0.25, -0.2) is 4.79 Å². The van der Waals surface area contributed by atoms with Gasteiger partial charge in [0, 0.05) is 24.2 Å². The highest BCUT2D eigenvalue weighted by molar-refractivity contribution is 6.47. The van der Waals surface area contributed by atoms with Crippen LogP contribution in [0.15, 0.2) is 47.1 Å². The molecule has 1 saturated carbocycles. The lowest BCUT2D eigenvalue weighted by atomic mass is 9.94. The quantitative estimate of drug-likeness (QED) is 0.358. The van der Waals surface area contributed by atoms with E-state index in [2.05, 4.69) is 10.6 Å². The summed E-state index contributed by atoms with van der Waals surface area (Å²) in [6, 6.07) is 9.37. The molecule has 1 aliphatic carbocycles. The van der Waals surface area contributed by atoms with Gasteiger partial charge in [0.15, 0.2) is 0 Å².